The highest BCUT2D eigenvalue weighted by Gasteiger charge is 2.28. The Balaban J connectivity index is 2.49. The molecule has 0 aliphatic carbocycles. The number of hydrogen-bond donors (Lipinski definition) is 1. The summed E-state index contributed by atoms with van der Waals surface area (Å²) in [6, 6.07) is 9.35. The van der Waals surface area contributed by atoms with Crippen LogP contribution < -0.4 is 5.73 Å². The van der Waals surface area contributed by atoms with E-state index < -0.39 is 0 Å². The highest BCUT2D eigenvalue weighted by molar-refractivity contribution is 6.06. The van der Waals surface area contributed by atoms with Gasteiger partial charge in [0.2, 0.25) is 0 Å². The number of carbonyl (C=O) groups excluding carboxylic acids is 1. The highest BCUT2D eigenvalue weighted by Crippen LogP contribution is 2.26. The third kappa shape index (κ3) is 2.99. The molecule has 0 fully saturated rings. The minimum atomic E-state index is -0.0253. The van der Waals surface area contributed by atoms with Gasteiger partial charge in [-0.05, 0) is 24.5 Å². The molecule has 0 bridgehead atoms. The molecular formula is C17H23N3O. The van der Waals surface area contributed by atoms with Crippen molar-refractivity contribution in [1.29, 1.82) is 0 Å². The van der Waals surface area contributed by atoms with E-state index in [1.165, 1.54) is 0 Å². The van der Waals surface area contributed by atoms with E-state index in [1.54, 1.807) is 11.0 Å². The fraction of sp³-hybridized carbons (Fsp3) is 0.412. The van der Waals surface area contributed by atoms with Gasteiger partial charge in [0.1, 0.15) is 5.82 Å². The van der Waals surface area contributed by atoms with Gasteiger partial charge in [-0.15, -0.1) is 0 Å². The second-order valence-electron chi connectivity index (χ2n) is 6.57. The Morgan fingerprint density at radius 2 is 1.90 bits per heavy atom. The molecule has 0 saturated heterocycles. The van der Waals surface area contributed by atoms with Crippen LogP contribution >= 0.6 is 0 Å². The molecule has 1 aromatic carbocycles. The number of fused-ring (bicyclic) bond motifs is 1. The summed E-state index contributed by atoms with van der Waals surface area (Å²) in [5, 5.41) is 0.838. The molecule has 0 saturated carbocycles. The standard InChI is InChI=1S/C17H23N3O/c1-11(17(2,3)4)20(5)16(21)13-10-15(18)19-14-9-7-6-8-12(13)14/h6-11H,1-5H3,(H2,18,19). The number of para-hydroxylation sites is 1. The Morgan fingerprint density at radius 1 is 1.29 bits per heavy atom. The fourth-order valence-corrected chi connectivity index (χ4v) is 2.32. The molecule has 2 rings (SSSR count). The molecular weight excluding hydrogens is 262 g/mol. The number of aromatic nitrogens is 1. The lowest BCUT2D eigenvalue weighted by Gasteiger charge is -2.35. The molecule has 1 unspecified atom stereocenters. The van der Waals surface area contributed by atoms with Gasteiger partial charge in [0.05, 0.1) is 11.1 Å². The molecule has 0 aliphatic rings. The number of anilines is 1. The molecule has 1 amide bonds. The molecule has 0 aliphatic heterocycles. The van der Waals surface area contributed by atoms with Crippen LogP contribution in [0.25, 0.3) is 10.9 Å². The van der Waals surface area contributed by atoms with Gasteiger partial charge in [-0.25, -0.2) is 4.98 Å². The number of nitrogens with zero attached hydrogens (tertiary/aromatic N) is 2. The molecule has 4 nitrogen and oxygen atoms in total. The smallest absolute Gasteiger partial charge is 0.254 e. The summed E-state index contributed by atoms with van der Waals surface area (Å²) in [5.41, 5.74) is 7.21. The second-order valence-corrected chi connectivity index (χ2v) is 6.57. The first-order valence-corrected chi connectivity index (χ1v) is 7.14. The molecule has 0 radical (unpaired) electrons. The van der Waals surface area contributed by atoms with Gasteiger partial charge in [0.15, 0.2) is 0 Å². The molecule has 2 aromatic rings. The van der Waals surface area contributed by atoms with Crippen LogP contribution in [0, 0.1) is 5.41 Å². The van der Waals surface area contributed by atoms with Crippen molar-refractivity contribution >= 4 is 22.6 Å². The number of nitrogen functional groups attached to an aromatic ring is 1. The zero-order valence-corrected chi connectivity index (χ0v) is 13.3. The van der Waals surface area contributed by atoms with Crippen molar-refractivity contribution in [3.8, 4) is 0 Å². The minimum Gasteiger partial charge on any atom is -0.384 e. The first kappa shape index (κ1) is 15.3. The molecule has 1 aromatic heterocycles. The maximum Gasteiger partial charge on any atom is 0.254 e. The van der Waals surface area contributed by atoms with Gasteiger partial charge in [-0.2, -0.15) is 0 Å². The van der Waals surface area contributed by atoms with Crippen molar-refractivity contribution < 1.29 is 4.79 Å². The van der Waals surface area contributed by atoms with Gasteiger partial charge in [0, 0.05) is 18.5 Å². The van der Waals surface area contributed by atoms with Gasteiger partial charge in [-0.3, -0.25) is 4.79 Å². The number of hydrogen-bond acceptors (Lipinski definition) is 3. The van der Waals surface area contributed by atoms with E-state index in [-0.39, 0.29) is 17.4 Å². The molecule has 1 atom stereocenters. The number of benzene rings is 1. The number of pyridine rings is 1. The zero-order valence-electron chi connectivity index (χ0n) is 13.3. The lowest BCUT2D eigenvalue weighted by Crippen LogP contribution is -2.43. The van der Waals surface area contributed by atoms with Gasteiger partial charge in [0.25, 0.3) is 5.91 Å². The van der Waals surface area contributed by atoms with E-state index >= 15 is 0 Å². The summed E-state index contributed by atoms with van der Waals surface area (Å²) in [6.07, 6.45) is 0. The third-order valence-electron chi connectivity index (χ3n) is 4.12. The average Bonchev–Trinajstić information content (AvgIpc) is 2.43. The van der Waals surface area contributed by atoms with Crippen LogP contribution in [0.1, 0.15) is 38.1 Å². The molecule has 4 heteroatoms. The Bertz CT molecular complexity index is 673. The molecule has 21 heavy (non-hydrogen) atoms. The van der Waals surface area contributed by atoms with Crippen molar-refractivity contribution in [2.24, 2.45) is 5.41 Å². The second kappa shape index (κ2) is 5.35. The minimum absolute atomic E-state index is 0.0127. The van der Waals surface area contributed by atoms with Crippen LogP contribution in [-0.4, -0.2) is 28.9 Å². The van der Waals surface area contributed by atoms with Crippen LogP contribution in [0.5, 0.6) is 0 Å². The molecule has 2 N–H and O–H groups in total. The molecule has 112 valence electrons. The molecule has 1 heterocycles. The van der Waals surface area contributed by atoms with Crippen molar-refractivity contribution in [2.45, 2.75) is 33.7 Å². The van der Waals surface area contributed by atoms with Crippen molar-refractivity contribution in [3.05, 3.63) is 35.9 Å². The number of amides is 1. The van der Waals surface area contributed by atoms with Crippen LogP contribution in [0.15, 0.2) is 30.3 Å². The first-order chi connectivity index (χ1) is 9.71. The fourth-order valence-electron chi connectivity index (χ4n) is 2.32. The van der Waals surface area contributed by atoms with Gasteiger partial charge >= 0.3 is 0 Å². The average molecular weight is 285 g/mol. The third-order valence-corrected chi connectivity index (χ3v) is 4.12. The summed E-state index contributed by atoms with van der Waals surface area (Å²) in [4.78, 5) is 18.9. The maximum absolute atomic E-state index is 12.8. The lowest BCUT2D eigenvalue weighted by atomic mass is 9.87. The zero-order chi connectivity index (χ0) is 15.8. The summed E-state index contributed by atoms with van der Waals surface area (Å²) in [7, 11) is 1.84. The number of nitrogens with two attached hydrogens (primary N) is 1. The Labute approximate surface area is 126 Å². The maximum atomic E-state index is 12.8. The predicted octanol–water partition coefficient (Wildman–Crippen LogP) is 3.32. The van der Waals surface area contributed by atoms with E-state index in [1.807, 2.05) is 31.3 Å². The molecule has 0 spiro atoms. The van der Waals surface area contributed by atoms with Crippen molar-refractivity contribution in [3.63, 3.8) is 0 Å². The largest absolute Gasteiger partial charge is 0.384 e. The van der Waals surface area contributed by atoms with Crippen molar-refractivity contribution in [1.82, 2.24) is 9.88 Å². The van der Waals surface area contributed by atoms with E-state index in [9.17, 15) is 4.79 Å². The van der Waals surface area contributed by atoms with E-state index in [2.05, 4.69) is 32.7 Å². The Kier molecular flexibility index (Phi) is 3.90. The highest BCUT2D eigenvalue weighted by atomic mass is 16.2. The summed E-state index contributed by atoms with van der Waals surface area (Å²) < 4.78 is 0. The monoisotopic (exact) mass is 285 g/mol. The quantitative estimate of drug-likeness (QED) is 0.920. The van der Waals surface area contributed by atoms with Gasteiger partial charge < -0.3 is 10.6 Å². The van der Waals surface area contributed by atoms with Gasteiger partial charge in [-0.1, -0.05) is 39.0 Å². The SMILES string of the molecule is CC(N(C)C(=O)c1cc(N)nc2ccccc12)C(C)(C)C. The number of carbonyl (C=O) groups is 1. The normalized spacial score (nSPS) is 13.2. The number of rotatable bonds is 2. The van der Waals surface area contributed by atoms with E-state index in [0.717, 1.165) is 10.9 Å². The lowest BCUT2D eigenvalue weighted by molar-refractivity contribution is 0.0631. The van der Waals surface area contributed by atoms with Crippen LogP contribution in [0.3, 0.4) is 0 Å². The van der Waals surface area contributed by atoms with Crippen LogP contribution in [-0.2, 0) is 0 Å². The van der Waals surface area contributed by atoms with Crippen LogP contribution in [0.2, 0.25) is 0 Å². The summed E-state index contributed by atoms with van der Waals surface area (Å²) in [5.74, 6) is 0.344. The van der Waals surface area contributed by atoms with E-state index in [4.69, 9.17) is 5.73 Å². The Hall–Kier alpha value is -2.10. The topological polar surface area (TPSA) is 59.2 Å². The first-order valence-electron chi connectivity index (χ1n) is 7.14. The van der Waals surface area contributed by atoms with Crippen molar-refractivity contribution in [2.75, 3.05) is 12.8 Å². The summed E-state index contributed by atoms with van der Waals surface area (Å²) in [6.45, 7) is 8.44. The summed E-state index contributed by atoms with van der Waals surface area (Å²) >= 11 is 0. The predicted molar refractivity (Wildman–Crippen MR) is 87.2 cm³/mol. The van der Waals surface area contributed by atoms with Crippen LogP contribution in [0.4, 0.5) is 5.82 Å². The van der Waals surface area contributed by atoms with E-state index in [0.29, 0.717) is 11.4 Å². The Morgan fingerprint density at radius 3 is 2.52 bits per heavy atom.